The molecule has 0 saturated carbocycles. The first-order valence-electron chi connectivity index (χ1n) is 7.27. The largest absolute Gasteiger partial charge is 0.353 e. The van der Waals surface area contributed by atoms with Crippen LogP contribution in [-0.4, -0.2) is 40.4 Å². The maximum atomic E-state index is 4.80. The van der Waals surface area contributed by atoms with Gasteiger partial charge in [-0.3, -0.25) is 4.90 Å². The van der Waals surface area contributed by atoms with Gasteiger partial charge >= 0.3 is 0 Å². The van der Waals surface area contributed by atoms with Crippen LogP contribution < -0.4 is 4.90 Å². The predicted molar refractivity (Wildman–Crippen MR) is 88.2 cm³/mol. The molecule has 2 aromatic heterocycles. The van der Waals surface area contributed by atoms with Crippen LogP contribution in [0.4, 0.5) is 5.13 Å². The van der Waals surface area contributed by atoms with Crippen LogP contribution in [0.1, 0.15) is 34.2 Å². The quantitative estimate of drug-likeness (QED) is 0.846. The second kappa shape index (κ2) is 6.37. The molecule has 5 nitrogen and oxygen atoms in total. The second-order valence-corrected chi connectivity index (χ2v) is 7.64. The van der Waals surface area contributed by atoms with E-state index in [0.29, 0.717) is 0 Å². The standard InChI is InChI=1S/C14H21N5S2/c1-18(2)14-16-12(17-21-14)8-19(3)9-13-15-10-6-4-5-7-11(10)20-13/h4-9H2,1-3H3. The summed E-state index contributed by atoms with van der Waals surface area (Å²) in [4.78, 5) is 15.1. The van der Waals surface area contributed by atoms with Crippen molar-refractivity contribution in [2.24, 2.45) is 0 Å². The van der Waals surface area contributed by atoms with Crippen molar-refractivity contribution in [3.63, 3.8) is 0 Å². The molecule has 0 spiro atoms. The third-order valence-corrected chi connectivity index (χ3v) is 5.61. The molecule has 0 aromatic carbocycles. The molecule has 0 N–H and O–H groups in total. The first-order chi connectivity index (χ1) is 10.1. The summed E-state index contributed by atoms with van der Waals surface area (Å²) in [5.74, 6) is 0.896. The van der Waals surface area contributed by atoms with Crippen LogP contribution in [0.15, 0.2) is 0 Å². The zero-order chi connectivity index (χ0) is 14.8. The lowest BCUT2D eigenvalue weighted by atomic mass is 10.0. The van der Waals surface area contributed by atoms with E-state index in [1.807, 2.05) is 30.3 Å². The zero-order valence-electron chi connectivity index (χ0n) is 12.8. The Balaban J connectivity index is 1.60. The van der Waals surface area contributed by atoms with Crippen LogP contribution in [0.5, 0.6) is 0 Å². The molecule has 3 rings (SSSR count). The highest BCUT2D eigenvalue weighted by Crippen LogP contribution is 2.27. The van der Waals surface area contributed by atoms with Crippen molar-refractivity contribution in [3.8, 4) is 0 Å². The number of hydrogen-bond acceptors (Lipinski definition) is 7. The third-order valence-electron chi connectivity index (χ3n) is 3.55. The van der Waals surface area contributed by atoms with E-state index in [-0.39, 0.29) is 0 Å². The summed E-state index contributed by atoms with van der Waals surface area (Å²) >= 11 is 3.34. The number of fused-ring (bicyclic) bond motifs is 1. The molecule has 0 atom stereocenters. The van der Waals surface area contributed by atoms with E-state index in [9.17, 15) is 0 Å². The predicted octanol–water partition coefficient (Wildman–Crippen LogP) is 2.57. The molecule has 0 bridgehead atoms. The topological polar surface area (TPSA) is 45.2 Å². The van der Waals surface area contributed by atoms with Gasteiger partial charge in [-0.15, -0.1) is 11.3 Å². The summed E-state index contributed by atoms with van der Waals surface area (Å²) in [5, 5.41) is 2.19. The highest BCUT2D eigenvalue weighted by molar-refractivity contribution is 7.11. The van der Waals surface area contributed by atoms with Crippen molar-refractivity contribution < 1.29 is 0 Å². The number of nitrogens with zero attached hydrogens (tertiary/aromatic N) is 5. The Morgan fingerprint density at radius 1 is 1.05 bits per heavy atom. The maximum absolute atomic E-state index is 4.80. The summed E-state index contributed by atoms with van der Waals surface area (Å²) in [7, 11) is 6.10. The van der Waals surface area contributed by atoms with Gasteiger partial charge in [-0.05, 0) is 32.7 Å². The van der Waals surface area contributed by atoms with Crippen molar-refractivity contribution in [2.45, 2.75) is 38.8 Å². The lowest BCUT2D eigenvalue weighted by Crippen LogP contribution is -2.18. The Labute approximate surface area is 133 Å². The van der Waals surface area contributed by atoms with Crippen LogP contribution in [-0.2, 0) is 25.9 Å². The molecule has 1 aliphatic carbocycles. The number of aromatic nitrogens is 3. The number of anilines is 1. The van der Waals surface area contributed by atoms with E-state index in [1.54, 1.807) is 0 Å². The van der Waals surface area contributed by atoms with Crippen LogP contribution >= 0.6 is 22.9 Å². The minimum absolute atomic E-state index is 0.772. The van der Waals surface area contributed by atoms with Crippen molar-refractivity contribution >= 4 is 28.0 Å². The van der Waals surface area contributed by atoms with Crippen molar-refractivity contribution in [2.75, 3.05) is 26.0 Å². The van der Waals surface area contributed by atoms with Crippen LogP contribution in [0.2, 0.25) is 0 Å². The number of hydrogen-bond donors (Lipinski definition) is 0. The molecule has 2 heterocycles. The monoisotopic (exact) mass is 323 g/mol. The smallest absolute Gasteiger partial charge is 0.204 e. The van der Waals surface area contributed by atoms with E-state index in [4.69, 9.17) is 4.98 Å². The third kappa shape index (κ3) is 3.59. The molecule has 0 amide bonds. The Hall–Kier alpha value is -1.05. The summed E-state index contributed by atoms with van der Waals surface area (Å²) in [6.07, 6.45) is 4.99. The van der Waals surface area contributed by atoms with E-state index in [0.717, 1.165) is 30.5 Å². The van der Waals surface area contributed by atoms with Gasteiger partial charge in [0.15, 0.2) is 5.82 Å². The molecule has 0 saturated heterocycles. The number of rotatable bonds is 5. The van der Waals surface area contributed by atoms with Crippen molar-refractivity contribution in [1.82, 2.24) is 19.2 Å². The van der Waals surface area contributed by atoms with Gasteiger partial charge in [0.05, 0.1) is 18.8 Å². The number of thiazole rings is 1. The van der Waals surface area contributed by atoms with Gasteiger partial charge in [-0.2, -0.15) is 4.37 Å². The first kappa shape index (κ1) is 14.9. The summed E-state index contributed by atoms with van der Waals surface area (Å²) in [5.41, 5.74) is 1.34. The average Bonchev–Trinajstić information content (AvgIpc) is 3.04. The molecule has 1 aliphatic rings. The van der Waals surface area contributed by atoms with E-state index in [2.05, 4.69) is 21.3 Å². The zero-order valence-corrected chi connectivity index (χ0v) is 14.4. The lowest BCUT2D eigenvalue weighted by Gasteiger charge is -2.12. The molecule has 2 aromatic rings. The fraction of sp³-hybridized carbons (Fsp3) is 0.643. The van der Waals surface area contributed by atoms with Gasteiger partial charge in [-0.1, -0.05) is 0 Å². The van der Waals surface area contributed by atoms with Crippen LogP contribution in [0.25, 0.3) is 0 Å². The highest BCUT2D eigenvalue weighted by Gasteiger charge is 2.16. The van der Waals surface area contributed by atoms with Gasteiger partial charge in [-0.25, -0.2) is 9.97 Å². The molecule has 0 unspecified atom stereocenters. The normalized spacial score (nSPS) is 14.5. The molecular formula is C14H21N5S2. The van der Waals surface area contributed by atoms with E-state index >= 15 is 0 Å². The lowest BCUT2D eigenvalue weighted by molar-refractivity contribution is 0.311. The molecule has 21 heavy (non-hydrogen) atoms. The van der Waals surface area contributed by atoms with Crippen LogP contribution in [0, 0.1) is 0 Å². The average molecular weight is 323 g/mol. The Morgan fingerprint density at radius 2 is 1.86 bits per heavy atom. The maximum Gasteiger partial charge on any atom is 0.204 e. The molecule has 0 fully saturated rings. The fourth-order valence-corrected chi connectivity index (χ4v) is 4.32. The minimum Gasteiger partial charge on any atom is -0.353 e. The summed E-state index contributed by atoms with van der Waals surface area (Å²) in [6, 6.07) is 0. The van der Waals surface area contributed by atoms with Gasteiger partial charge in [0, 0.05) is 30.5 Å². The van der Waals surface area contributed by atoms with Gasteiger partial charge in [0.25, 0.3) is 0 Å². The molecular weight excluding hydrogens is 302 g/mol. The second-order valence-electron chi connectivity index (χ2n) is 5.74. The van der Waals surface area contributed by atoms with Crippen molar-refractivity contribution in [3.05, 3.63) is 21.4 Å². The SMILES string of the molecule is CN(Cc1nsc(N(C)C)n1)Cc1nc2c(s1)CCCC2. The van der Waals surface area contributed by atoms with Gasteiger partial charge in [0.1, 0.15) is 5.01 Å². The van der Waals surface area contributed by atoms with Gasteiger partial charge < -0.3 is 4.90 Å². The summed E-state index contributed by atoms with van der Waals surface area (Å²) in [6.45, 7) is 1.66. The molecule has 114 valence electrons. The van der Waals surface area contributed by atoms with Crippen LogP contribution in [0.3, 0.4) is 0 Å². The highest BCUT2D eigenvalue weighted by atomic mass is 32.1. The molecule has 0 radical (unpaired) electrons. The number of aryl methyl sites for hydroxylation is 2. The first-order valence-corrected chi connectivity index (χ1v) is 8.86. The van der Waals surface area contributed by atoms with Gasteiger partial charge in [0.2, 0.25) is 5.13 Å². The summed E-state index contributed by atoms with van der Waals surface area (Å²) < 4.78 is 4.41. The van der Waals surface area contributed by atoms with Crippen molar-refractivity contribution in [1.29, 1.82) is 0 Å². The van der Waals surface area contributed by atoms with E-state index in [1.165, 1.54) is 46.4 Å². The Kier molecular flexibility index (Phi) is 4.51. The minimum atomic E-state index is 0.772. The fourth-order valence-electron chi connectivity index (χ4n) is 2.49. The molecule has 0 aliphatic heterocycles. The Morgan fingerprint density at radius 3 is 2.57 bits per heavy atom. The Bertz CT molecular complexity index is 581. The van der Waals surface area contributed by atoms with E-state index < -0.39 is 0 Å². The molecule has 7 heteroatoms.